The number of benzene rings is 1. The molecule has 5 nitrogen and oxygen atoms in total. The number of rotatable bonds is 8. The first-order chi connectivity index (χ1) is 12.7. The predicted octanol–water partition coefficient (Wildman–Crippen LogP) is 3.50. The zero-order valence-electron chi connectivity index (χ0n) is 15.1. The van der Waals surface area contributed by atoms with Crippen molar-refractivity contribution in [2.75, 3.05) is 49.0 Å². The maximum absolute atomic E-state index is 8.88. The van der Waals surface area contributed by atoms with Crippen molar-refractivity contribution in [1.29, 1.82) is 0 Å². The van der Waals surface area contributed by atoms with Crippen LogP contribution in [0.2, 0.25) is 0 Å². The molecule has 0 atom stereocenters. The van der Waals surface area contributed by atoms with E-state index in [1.807, 2.05) is 38.5 Å². The molecule has 0 fully saturated rings. The van der Waals surface area contributed by atoms with E-state index in [0.29, 0.717) is 0 Å². The maximum atomic E-state index is 8.88. The second-order valence-corrected chi connectivity index (χ2v) is 7.35. The third-order valence-corrected chi connectivity index (χ3v) is 5.02. The minimum atomic E-state index is 0.216. The molecule has 0 aliphatic rings. The summed E-state index contributed by atoms with van der Waals surface area (Å²) < 4.78 is 0. The Morgan fingerprint density at radius 2 is 1.92 bits per heavy atom. The molecule has 3 rings (SSSR count). The van der Waals surface area contributed by atoms with Gasteiger partial charge in [0.2, 0.25) is 0 Å². The summed E-state index contributed by atoms with van der Waals surface area (Å²) in [7, 11) is 4.06. The van der Waals surface area contributed by atoms with Crippen LogP contribution in [0.4, 0.5) is 11.5 Å². The smallest absolute Gasteiger partial charge is 0.136 e. The minimum absolute atomic E-state index is 0.216. The van der Waals surface area contributed by atoms with Crippen molar-refractivity contribution >= 4 is 34.2 Å². The van der Waals surface area contributed by atoms with Crippen molar-refractivity contribution in [3.63, 3.8) is 0 Å². The Morgan fingerprint density at radius 1 is 1.12 bits per heavy atom. The van der Waals surface area contributed by atoms with Crippen LogP contribution in [-0.2, 0) is 0 Å². The van der Waals surface area contributed by atoms with Gasteiger partial charge in [-0.3, -0.25) is 4.98 Å². The molecule has 0 saturated carbocycles. The molecule has 2 N–H and O–H groups in total. The first-order valence-corrected chi connectivity index (χ1v) is 9.80. The molecule has 136 valence electrons. The second-order valence-electron chi connectivity index (χ2n) is 6.13. The number of thioether (sulfide) groups is 1. The van der Waals surface area contributed by atoms with Gasteiger partial charge in [0.05, 0.1) is 17.8 Å². The van der Waals surface area contributed by atoms with Crippen molar-refractivity contribution < 1.29 is 5.11 Å². The van der Waals surface area contributed by atoms with E-state index in [4.69, 9.17) is 10.1 Å². The van der Waals surface area contributed by atoms with Gasteiger partial charge in [0.25, 0.3) is 0 Å². The van der Waals surface area contributed by atoms with Crippen LogP contribution in [0.15, 0.2) is 48.7 Å². The second kappa shape index (κ2) is 8.87. The van der Waals surface area contributed by atoms with Gasteiger partial charge in [-0.25, -0.2) is 4.98 Å². The van der Waals surface area contributed by atoms with Crippen molar-refractivity contribution in [1.82, 2.24) is 9.97 Å². The van der Waals surface area contributed by atoms with E-state index in [9.17, 15) is 0 Å². The van der Waals surface area contributed by atoms with E-state index in [2.05, 4.69) is 39.5 Å². The Bertz CT molecular complexity index is 852. The molecule has 0 unspecified atom stereocenters. The van der Waals surface area contributed by atoms with Gasteiger partial charge in [-0.2, -0.15) is 11.8 Å². The molecule has 0 aliphatic carbocycles. The van der Waals surface area contributed by atoms with Gasteiger partial charge in [0.15, 0.2) is 0 Å². The van der Waals surface area contributed by atoms with E-state index in [-0.39, 0.29) is 6.61 Å². The Hall–Kier alpha value is -2.31. The van der Waals surface area contributed by atoms with Crippen molar-refractivity contribution in [2.45, 2.75) is 0 Å². The van der Waals surface area contributed by atoms with Gasteiger partial charge < -0.3 is 15.3 Å². The molecule has 1 aromatic carbocycles. The van der Waals surface area contributed by atoms with Crippen molar-refractivity contribution in [2.24, 2.45) is 0 Å². The van der Waals surface area contributed by atoms with E-state index >= 15 is 0 Å². The number of hydrogen-bond acceptors (Lipinski definition) is 6. The topological polar surface area (TPSA) is 61.3 Å². The molecule has 2 heterocycles. The molecule has 6 heteroatoms. The first-order valence-electron chi connectivity index (χ1n) is 8.65. The number of pyridine rings is 2. The number of nitrogens with zero attached hydrogens (tertiary/aromatic N) is 3. The van der Waals surface area contributed by atoms with Crippen LogP contribution < -0.4 is 10.2 Å². The lowest BCUT2D eigenvalue weighted by molar-refractivity contribution is 0.322. The Morgan fingerprint density at radius 3 is 2.65 bits per heavy atom. The zero-order chi connectivity index (χ0) is 18.4. The minimum Gasteiger partial charge on any atom is -0.396 e. The fourth-order valence-electron chi connectivity index (χ4n) is 2.70. The monoisotopic (exact) mass is 368 g/mol. The van der Waals surface area contributed by atoms with E-state index in [1.165, 1.54) is 0 Å². The number of aliphatic hydroxyl groups is 1. The van der Waals surface area contributed by atoms with Gasteiger partial charge in [-0.05, 0) is 30.3 Å². The summed E-state index contributed by atoms with van der Waals surface area (Å²) in [5.74, 6) is 2.54. The largest absolute Gasteiger partial charge is 0.396 e. The van der Waals surface area contributed by atoms with Gasteiger partial charge in [-0.1, -0.05) is 12.1 Å². The fraction of sp³-hybridized carbons (Fsp3) is 0.300. The number of fused-ring (bicyclic) bond motifs is 1. The van der Waals surface area contributed by atoms with E-state index in [0.717, 1.165) is 51.7 Å². The third-order valence-electron chi connectivity index (χ3n) is 4.05. The summed E-state index contributed by atoms with van der Waals surface area (Å²) in [6, 6.07) is 14.4. The summed E-state index contributed by atoms with van der Waals surface area (Å²) >= 11 is 1.72. The summed E-state index contributed by atoms with van der Waals surface area (Å²) in [4.78, 5) is 11.4. The number of aliphatic hydroxyl groups excluding tert-OH is 1. The van der Waals surface area contributed by atoms with Crippen LogP contribution in [0.3, 0.4) is 0 Å². The Balaban J connectivity index is 1.88. The SMILES string of the molecule is CN(C)c1ccc(-c2cc3ncccc3c(NCCSCCO)n2)cc1. The van der Waals surface area contributed by atoms with Crippen LogP contribution >= 0.6 is 11.8 Å². The quantitative estimate of drug-likeness (QED) is 0.594. The lowest BCUT2D eigenvalue weighted by Crippen LogP contribution is -2.08. The number of hydrogen-bond donors (Lipinski definition) is 2. The van der Waals surface area contributed by atoms with E-state index < -0.39 is 0 Å². The molecule has 26 heavy (non-hydrogen) atoms. The van der Waals surface area contributed by atoms with Gasteiger partial charge in [-0.15, -0.1) is 0 Å². The van der Waals surface area contributed by atoms with Crippen molar-refractivity contribution in [3.05, 3.63) is 48.7 Å². The molecule has 0 radical (unpaired) electrons. The van der Waals surface area contributed by atoms with E-state index in [1.54, 1.807) is 11.8 Å². The van der Waals surface area contributed by atoms with Crippen LogP contribution in [0.25, 0.3) is 22.2 Å². The van der Waals surface area contributed by atoms with Crippen LogP contribution in [0.5, 0.6) is 0 Å². The van der Waals surface area contributed by atoms with Gasteiger partial charge >= 0.3 is 0 Å². The van der Waals surface area contributed by atoms with Crippen LogP contribution in [-0.4, -0.2) is 53.8 Å². The summed E-state index contributed by atoms with van der Waals surface area (Å²) in [5.41, 5.74) is 4.07. The molecule has 0 amide bonds. The standard InChI is InChI=1S/C20H24N4OS/c1-24(2)16-7-5-15(6-8-16)18-14-19-17(4-3-9-21-19)20(23-18)22-10-12-26-13-11-25/h3-9,14,25H,10-13H2,1-2H3,(H,22,23). The number of anilines is 2. The average molecular weight is 369 g/mol. The van der Waals surface area contributed by atoms with Gasteiger partial charge in [0.1, 0.15) is 5.82 Å². The Kier molecular flexibility index (Phi) is 6.30. The maximum Gasteiger partial charge on any atom is 0.136 e. The number of nitrogens with one attached hydrogen (secondary N) is 1. The molecule has 0 aliphatic heterocycles. The van der Waals surface area contributed by atoms with Crippen LogP contribution in [0, 0.1) is 0 Å². The third kappa shape index (κ3) is 4.45. The first kappa shape index (κ1) is 18.5. The predicted molar refractivity (Wildman–Crippen MR) is 112 cm³/mol. The van der Waals surface area contributed by atoms with Crippen molar-refractivity contribution in [3.8, 4) is 11.3 Å². The highest BCUT2D eigenvalue weighted by Gasteiger charge is 2.09. The molecule has 0 spiro atoms. The molecule has 0 saturated heterocycles. The van der Waals surface area contributed by atoms with Gasteiger partial charge in [0, 0.05) is 55.0 Å². The summed E-state index contributed by atoms with van der Waals surface area (Å²) in [6.07, 6.45) is 1.81. The highest BCUT2D eigenvalue weighted by atomic mass is 32.2. The fourth-order valence-corrected chi connectivity index (χ4v) is 3.28. The Labute approximate surface area is 158 Å². The number of aromatic nitrogens is 2. The highest BCUT2D eigenvalue weighted by molar-refractivity contribution is 7.99. The van der Waals surface area contributed by atoms with Crippen LogP contribution in [0.1, 0.15) is 0 Å². The molecular weight excluding hydrogens is 344 g/mol. The normalized spacial score (nSPS) is 10.9. The molecular formula is C20H24N4OS. The average Bonchev–Trinajstić information content (AvgIpc) is 2.67. The highest BCUT2D eigenvalue weighted by Crippen LogP contribution is 2.27. The lowest BCUT2D eigenvalue weighted by Gasteiger charge is -2.14. The molecule has 2 aromatic heterocycles. The molecule has 0 bridgehead atoms. The molecule has 3 aromatic rings. The lowest BCUT2D eigenvalue weighted by atomic mass is 10.1. The summed E-state index contributed by atoms with van der Waals surface area (Å²) in [5, 5.41) is 13.3. The zero-order valence-corrected chi connectivity index (χ0v) is 16.0. The summed E-state index contributed by atoms with van der Waals surface area (Å²) in [6.45, 7) is 1.01.